The molecule has 0 aliphatic carbocycles. The molecule has 0 saturated carbocycles. The summed E-state index contributed by atoms with van der Waals surface area (Å²) < 4.78 is 0. The molecule has 0 radical (unpaired) electrons. The van der Waals surface area contributed by atoms with Gasteiger partial charge in [0, 0.05) is 83.4 Å². The van der Waals surface area contributed by atoms with Crippen molar-refractivity contribution in [3.8, 4) is 0 Å². The predicted octanol–water partition coefficient (Wildman–Crippen LogP) is 2.41. The first-order valence-electron chi connectivity index (χ1n) is 12.7. The minimum Gasteiger partial charge on any atom is -0.378 e. The molecule has 1 amide bonds. The van der Waals surface area contributed by atoms with Gasteiger partial charge in [0.25, 0.3) is 5.91 Å². The number of piperazine rings is 1. The van der Waals surface area contributed by atoms with Gasteiger partial charge in [-0.15, -0.1) is 0 Å². The summed E-state index contributed by atoms with van der Waals surface area (Å²) in [5.41, 5.74) is 1.85. The van der Waals surface area contributed by atoms with E-state index in [-0.39, 0.29) is 5.91 Å². The van der Waals surface area contributed by atoms with Crippen molar-refractivity contribution < 1.29 is 4.79 Å². The number of amides is 1. The zero-order valence-corrected chi connectivity index (χ0v) is 20.6. The molecule has 1 N–H and O–H groups in total. The zero-order chi connectivity index (χ0) is 23.5. The predicted molar refractivity (Wildman–Crippen MR) is 138 cm³/mol. The van der Waals surface area contributed by atoms with Gasteiger partial charge in [-0.25, -0.2) is 4.98 Å². The quantitative estimate of drug-likeness (QED) is 0.682. The normalized spacial score (nSPS) is 26.9. The van der Waals surface area contributed by atoms with Crippen LogP contribution in [0.5, 0.6) is 0 Å². The van der Waals surface area contributed by atoms with Crippen molar-refractivity contribution in [1.29, 1.82) is 0 Å². The van der Waals surface area contributed by atoms with Crippen LogP contribution in [0.2, 0.25) is 0 Å². The number of benzene rings is 1. The Balaban J connectivity index is 1.08. The maximum Gasteiger partial charge on any atom is 0.251 e. The highest BCUT2D eigenvalue weighted by molar-refractivity contribution is 5.94. The summed E-state index contributed by atoms with van der Waals surface area (Å²) in [5, 5.41) is 3.20. The molecule has 2 aromatic rings. The van der Waals surface area contributed by atoms with E-state index in [0.29, 0.717) is 6.04 Å². The number of aromatic nitrogens is 1. The fourth-order valence-electron chi connectivity index (χ4n) is 5.92. The molecule has 5 heterocycles. The van der Waals surface area contributed by atoms with E-state index >= 15 is 0 Å². The zero-order valence-electron chi connectivity index (χ0n) is 20.6. The van der Waals surface area contributed by atoms with Gasteiger partial charge in [-0.2, -0.15) is 0 Å². The number of anilines is 2. The van der Waals surface area contributed by atoms with Crippen LogP contribution in [0.3, 0.4) is 0 Å². The molecule has 34 heavy (non-hydrogen) atoms. The Morgan fingerprint density at radius 3 is 2.50 bits per heavy atom. The lowest BCUT2D eigenvalue weighted by Gasteiger charge is -2.51. The summed E-state index contributed by atoms with van der Waals surface area (Å²) in [6.07, 6.45) is 4.39. The topological polar surface area (TPSA) is 55.0 Å². The fraction of sp³-hybridized carbons (Fsp3) is 0.556. The molecule has 1 aromatic carbocycles. The van der Waals surface area contributed by atoms with Gasteiger partial charge in [0.05, 0.1) is 0 Å². The largest absolute Gasteiger partial charge is 0.378 e. The summed E-state index contributed by atoms with van der Waals surface area (Å²) in [7, 11) is 4.02. The van der Waals surface area contributed by atoms with Crippen LogP contribution < -0.4 is 15.1 Å². The Morgan fingerprint density at radius 2 is 1.85 bits per heavy atom. The van der Waals surface area contributed by atoms with Gasteiger partial charge in [-0.05, 0) is 67.6 Å². The van der Waals surface area contributed by atoms with E-state index in [1.54, 1.807) is 0 Å². The summed E-state index contributed by atoms with van der Waals surface area (Å²) in [4.78, 5) is 26.9. The first-order chi connectivity index (χ1) is 16.6. The number of hydrogen-bond acceptors (Lipinski definition) is 6. The van der Waals surface area contributed by atoms with Crippen LogP contribution in [-0.4, -0.2) is 93.2 Å². The molecule has 4 aliphatic rings. The second kappa shape index (κ2) is 10.3. The number of pyridine rings is 1. The van der Waals surface area contributed by atoms with Gasteiger partial charge in [0.2, 0.25) is 0 Å². The third-order valence-corrected chi connectivity index (χ3v) is 8.00. The van der Waals surface area contributed by atoms with Crippen molar-refractivity contribution in [2.45, 2.75) is 18.9 Å². The van der Waals surface area contributed by atoms with E-state index in [1.807, 2.05) is 55.5 Å². The summed E-state index contributed by atoms with van der Waals surface area (Å²) in [6, 6.07) is 14.5. The third-order valence-electron chi connectivity index (χ3n) is 8.00. The lowest BCUT2D eigenvalue weighted by molar-refractivity contribution is -0.0120. The van der Waals surface area contributed by atoms with E-state index in [9.17, 15) is 4.79 Å². The SMILES string of the molecule is CN(C)c1ccc(C(=O)NC[C@H]2C[C@@H]3CCN2C[C@@H]3CN2CCN(c3ccccn3)CC2)cc1. The number of piperidine rings is 3. The molecule has 2 bridgehead atoms. The van der Waals surface area contributed by atoms with Gasteiger partial charge in [-0.3, -0.25) is 14.6 Å². The Hall–Kier alpha value is -2.64. The van der Waals surface area contributed by atoms with Gasteiger partial charge in [-0.1, -0.05) is 6.07 Å². The van der Waals surface area contributed by atoms with Crippen LogP contribution >= 0.6 is 0 Å². The van der Waals surface area contributed by atoms with E-state index in [1.165, 1.54) is 32.5 Å². The summed E-state index contributed by atoms with van der Waals surface area (Å²) in [5.74, 6) is 2.67. The second-order valence-corrected chi connectivity index (χ2v) is 10.3. The number of nitrogens with zero attached hydrogens (tertiary/aromatic N) is 5. The number of hydrogen-bond donors (Lipinski definition) is 1. The Bertz CT molecular complexity index is 941. The molecule has 0 spiro atoms. The number of carbonyl (C=O) groups is 1. The van der Waals surface area contributed by atoms with Crippen LogP contribution in [0.15, 0.2) is 48.7 Å². The molecule has 4 atom stereocenters. The first kappa shape index (κ1) is 23.1. The molecule has 1 aromatic heterocycles. The van der Waals surface area contributed by atoms with Gasteiger partial charge < -0.3 is 15.1 Å². The molecular weight excluding hydrogens is 424 g/mol. The molecule has 4 fully saturated rings. The lowest BCUT2D eigenvalue weighted by atomic mass is 9.75. The molecule has 182 valence electrons. The molecule has 6 rings (SSSR count). The minimum absolute atomic E-state index is 0.0373. The molecule has 1 unspecified atom stereocenters. The maximum absolute atomic E-state index is 12.7. The van der Waals surface area contributed by atoms with Crippen molar-refractivity contribution in [2.75, 3.05) is 76.3 Å². The first-order valence-corrected chi connectivity index (χ1v) is 12.7. The van der Waals surface area contributed by atoms with Crippen LogP contribution in [0, 0.1) is 11.8 Å². The fourth-order valence-corrected chi connectivity index (χ4v) is 5.92. The minimum atomic E-state index is 0.0373. The molecule has 4 aliphatic heterocycles. The summed E-state index contributed by atoms with van der Waals surface area (Å²) in [6.45, 7) is 8.65. The monoisotopic (exact) mass is 462 g/mol. The Labute approximate surface area is 203 Å². The van der Waals surface area contributed by atoms with E-state index < -0.39 is 0 Å². The van der Waals surface area contributed by atoms with Crippen molar-refractivity contribution in [3.63, 3.8) is 0 Å². The van der Waals surface area contributed by atoms with E-state index in [0.717, 1.165) is 61.6 Å². The molecule has 4 saturated heterocycles. The average Bonchev–Trinajstić information content (AvgIpc) is 2.89. The Kier molecular flexibility index (Phi) is 7.02. The summed E-state index contributed by atoms with van der Waals surface area (Å²) >= 11 is 0. The van der Waals surface area contributed by atoms with E-state index in [4.69, 9.17) is 0 Å². The van der Waals surface area contributed by atoms with Gasteiger partial charge in [0.1, 0.15) is 5.82 Å². The van der Waals surface area contributed by atoms with Crippen LogP contribution in [-0.2, 0) is 0 Å². The highest BCUT2D eigenvalue weighted by Crippen LogP contribution is 2.36. The number of carbonyl (C=O) groups excluding carboxylic acids is 1. The van der Waals surface area contributed by atoms with Crippen LogP contribution in [0.4, 0.5) is 11.5 Å². The molecule has 7 heteroatoms. The van der Waals surface area contributed by atoms with Crippen LogP contribution in [0.25, 0.3) is 0 Å². The smallest absolute Gasteiger partial charge is 0.251 e. The Morgan fingerprint density at radius 1 is 1.06 bits per heavy atom. The molecular formula is C27H38N6O. The van der Waals surface area contributed by atoms with Gasteiger partial charge >= 0.3 is 0 Å². The van der Waals surface area contributed by atoms with Crippen molar-refractivity contribution in [1.82, 2.24) is 20.1 Å². The second-order valence-electron chi connectivity index (χ2n) is 10.3. The highest BCUT2D eigenvalue weighted by atomic mass is 16.1. The highest BCUT2D eigenvalue weighted by Gasteiger charge is 2.40. The van der Waals surface area contributed by atoms with E-state index in [2.05, 4.69) is 37.1 Å². The average molecular weight is 463 g/mol. The number of nitrogens with one attached hydrogen (secondary N) is 1. The third kappa shape index (κ3) is 5.20. The van der Waals surface area contributed by atoms with Crippen molar-refractivity contribution >= 4 is 17.4 Å². The number of rotatable bonds is 7. The maximum atomic E-state index is 12.7. The van der Waals surface area contributed by atoms with Crippen molar-refractivity contribution in [2.24, 2.45) is 11.8 Å². The lowest BCUT2D eigenvalue weighted by Crippen LogP contribution is -2.59. The van der Waals surface area contributed by atoms with Gasteiger partial charge in [0.15, 0.2) is 0 Å². The standard InChI is InChI=1S/C27H38N6O/c1-30(2)24-8-6-21(7-9-24)27(34)29-18-25-17-22-10-12-33(25)20-23(22)19-31-13-15-32(16-14-31)26-5-3-4-11-28-26/h3-9,11,22-23,25H,10,12-20H2,1-2H3,(H,29,34)/t22-,23-,25+/m0/s1. The molecule has 7 nitrogen and oxygen atoms in total. The van der Waals surface area contributed by atoms with Crippen molar-refractivity contribution in [3.05, 3.63) is 54.2 Å². The number of fused-ring (bicyclic) bond motifs is 3. The van der Waals surface area contributed by atoms with Crippen LogP contribution in [0.1, 0.15) is 23.2 Å².